The summed E-state index contributed by atoms with van der Waals surface area (Å²) in [5, 5.41) is 6.87. The van der Waals surface area contributed by atoms with E-state index in [-0.39, 0.29) is 11.9 Å². The van der Waals surface area contributed by atoms with Crippen molar-refractivity contribution in [2.24, 2.45) is 5.92 Å². The zero-order chi connectivity index (χ0) is 25.1. The number of carbonyl (C=O) groups is 1. The first kappa shape index (κ1) is 25.0. The quantitative estimate of drug-likeness (QED) is 0.439. The van der Waals surface area contributed by atoms with Gasteiger partial charge in [0.05, 0.1) is 11.2 Å². The zero-order valence-corrected chi connectivity index (χ0v) is 20.8. The lowest BCUT2D eigenvalue weighted by atomic mass is 9.84. The van der Waals surface area contributed by atoms with Crippen molar-refractivity contribution >= 4 is 33.3 Å². The van der Waals surface area contributed by atoms with Crippen LogP contribution < -0.4 is 10.6 Å². The fraction of sp³-hybridized carbons (Fsp3) is 0.500. The van der Waals surface area contributed by atoms with Gasteiger partial charge in [-0.1, -0.05) is 12.1 Å². The molecule has 6 nitrogen and oxygen atoms in total. The lowest BCUT2D eigenvalue weighted by Gasteiger charge is -2.32. The van der Waals surface area contributed by atoms with Crippen molar-refractivity contribution in [1.82, 2.24) is 20.2 Å². The number of aromatic nitrogens is 2. The Morgan fingerprint density at radius 2 is 1.97 bits per heavy atom. The minimum atomic E-state index is -4.24. The monoisotopic (exact) mass is 517 g/mol. The average Bonchev–Trinajstić information content (AvgIpc) is 3.29. The van der Waals surface area contributed by atoms with E-state index in [1.54, 1.807) is 6.20 Å². The number of anilines is 1. The van der Waals surface area contributed by atoms with E-state index >= 15 is 0 Å². The van der Waals surface area contributed by atoms with E-state index in [9.17, 15) is 18.0 Å². The zero-order valence-electron chi connectivity index (χ0n) is 20.0. The molecule has 192 valence electrons. The molecule has 1 saturated carbocycles. The van der Waals surface area contributed by atoms with E-state index in [4.69, 9.17) is 0 Å². The van der Waals surface area contributed by atoms with Crippen molar-refractivity contribution in [3.63, 3.8) is 0 Å². The van der Waals surface area contributed by atoms with Gasteiger partial charge in [-0.25, -0.2) is 4.98 Å². The summed E-state index contributed by atoms with van der Waals surface area (Å²) in [5.41, 5.74) is 2.40. The Kier molecular flexibility index (Phi) is 7.43. The summed E-state index contributed by atoms with van der Waals surface area (Å²) in [4.78, 5) is 25.1. The molecular formula is C26H30F3N5OS. The van der Waals surface area contributed by atoms with E-state index in [2.05, 4.69) is 25.5 Å². The predicted molar refractivity (Wildman–Crippen MR) is 135 cm³/mol. The Morgan fingerprint density at radius 3 is 2.78 bits per heavy atom. The van der Waals surface area contributed by atoms with Gasteiger partial charge in [0.15, 0.2) is 5.13 Å². The third-order valence-electron chi connectivity index (χ3n) is 7.17. The van der Waals surface area contributed by atoms with Crippen molar-refractivity contribution < 1.29 is 18.0 Å². The maximum absolute atomic E-state index is 12.9. The smallest absolute Gasteiger partial charge is 0.352 e. The number of carbonyl (C=O) groups excluding carboxylic acids is 1. The Hall–Kier alpha value is -2.72. The van der Waals surface area contributed by atoms with Crippen molar-refractivity contribution in [2.75, 3.05) is 25.0 Å². The van der Waals surface area contributed by atoms with E-state index in [1.165, 1.54) is 11.3 Å². The molecular weight excluding hydrogens is 487 g/mol. The third kappa shape index (κ3) is 6.15. The minimum Gasteiger partial charge on any atom is -0.352 e. The largest absolute Gasteiger partial charge is 0.405 e. The van der Waals surface area contributed by atoms with Gasteiger partial charge in [0, 0.05) is 41.2 Å². The van der Waals surface area contributed by atoms with Crippen LogP contribution in [0.5, 0.6) is 0 Å². The molecule has 2 N–H and O–H groups in total. The first-order valence-corrected chi connectivity index (χ1v) is 13.3. The van der Waals surface area contributed by atoms with Gasteiger partial charge in [-0.2, -0.15) is 13.2 Å². The highest BCUT2D eigenvalue weighted by Gasteiger charge is 2.29. The van der Waals surface area contributed by atoms with E-state index < -0.39 is 12.7 Å². The molecule has 0 spiro atoms. The Balaban J connectivity index is 1.06. The summed E-state index contributed by atoms with van der Waals surface area (Å²) in [7, 11) is 0. The van der Waals surface area contributed by atoms with Gasteiger partial charge >= 0.3 is 6.18 Å². The van der Waals surface area contributed by atoms with Gasteiger partial charge in [-0.3, -0.25) is 14.7 Å². The molecule has 1 fully saturated rings. The van der Waals surface area contributed by atoms with Crippen LogP contribution in [-0.4, -0.2) is 52.6 Å². The molecule has 0 unspecified atom stereocenters. The van der Waals surface area contributed by atoms with Gasteiger partial charge in [-0.05, 0) is 69.2 Å². The number of thiazole rings is 1. The molecule has 1 amide bonds. The molecule has 0 bridgehead atoms. The highest BCUT2D eigenvalue weighted by Crippen LogP contribution is 2.31. The number of pyridine rings is 1. The van der Waals surface area contributed by atoms with Crippen molar-refractivity contribution in [2.45, 2.75) is 57.3 Å². The first-order chi connectivity index (χ1) is 17.3. The van der Waals surface area contributed by atoms with Crippen LogP contribution in [0.15, 0.2) is 36.5 Å². The maximum Gasteiger partial charge on any atom is 0.405 e. The summed E-state index contributed by atoms with van der Waals surface area (Å²) >= 11 is 1.34. The highest BCUT2D eigenvalue weighted by atomic mass is 32.1. The summed E-state index contributed by atoms with van der Waals surface area (Å²) in [6.07, 6.45) is 3.55. The summed E-state index contributed by atoms with van der Waals surface area (Å²) in [5.74, 6) is 0.592. The predicted octanol–water partition coefficient (Wildman–Crippen LogP) is 5.40. The molecule has 2 aliphatic rings. The normalized spacial score (nSPS) is 20.8. The number of amides is 1. The van der Waals surface area contributed by atoms with Crippen LogP contribution in [0.3, 0.4) is 0 Å². The highest BCUT2D eigenvalue weighted by molar-refractivity contribution is 7.15. The molecule has 3 heterocycles. The van der Waals surface area contributed by atoms with E-state index in [1.807, 2.05) is 30.3 Å². The molecule has 36 heavy (non-hydrogen) atoms. The van der Waals surface area contributed by atoms with Gasteiger partial charge in [0.2, 0.25) is 0 Å². The van der Waals surface area contributed by atoms with Crippen molar-refractivity contribution in [3.05, 3.63) is 52.7 Å². The average molecular weight is 518 g/mol. The molecule has 1 aromatic carbocycles. The van der Waals surface area contributed by atoms with Crippen LogP contribution in [-0.2, 0) is 13.0 Å². The Bertz CT molecular complexity index is 1200. The molecule has 0 radical (unpaired) electrons. The number of hydrogen-bond acceptors (Lipinski definition) is 6. The summed E-state index contributed by atoms with van der Waals surface area (Å²) in [6, 6.07) is 9.62. The van der Waals surface area contributed by atoms with Crippen LogP contribution in [0.25, 0.3) is 10.9 Å². The molecule has 3 aromatic rings. The number of rotatable bonds is 7. The lowest BCUT2D eigenvalue weighted by Crippen LogP contribution is -2.38. The first-order valence-electron chi connectivity index (χ1n) is 12.5. The number of hydrogen-bond donors (Lipinski definition) is 2. The number of fused-ring (bicyclic) bond motifs is 2. The molecule has 1 aliphatic heterocycles. The van der Waals surface area contributed by atoms with Crippen molar-refractivity contribution in [1.29, 1.82) is 0 Å². The standard InChI is InChI=1S/C26H30F3N5OS/c27-26(28,29)16-31-25-33-22-15-34(14-11-23(22)36-25)13-10-17-6-8-18(9-7-17)32-24(35)20-3-1-5-21-19(20)4-2-12-30-21/h1-5,12,17-18H,6-11,13-16H2,(H,31,33)(H,32,35). The number of nitrogens with one attached hydrogen (secondary N) is 2. The molecule has 2 aromatic heterocycles. The lowest BCUT2D eigenvalue weighted by molar-refractivity contribution is -0.115. The maximum atomic E-state index is 12.9. The van der Waals surface area contributed by atoms with Gasteiger partial charge < -0.3 is 10.6 Å². The number of halogens is 3. The third-order valence-corrected chi connectivity index (χ3v) is 8.29. The number of alkyl halides is 3. The second kappa shape index (κ2) is 10.7. The van der Waals surface area contributed by atoms with Crippen molar-refractivity contribution in [3.8, 4) is 0 Å². The van der Waals surface area contributed by atoms with Gasteiger partial charge in [0.25, 0.3) is 5.91 Å². The SMILES string of the molecule is O=C(NC1CCC(CCN2CCc3sc(NCC(F)(F)F)nc3C2)CC1)c1cccc2ncccc12. The van der Waals surface area contributed by atoms with Crippen LogP contribution in [0.1, 0.15) is 53.0 Å². The van der Waals surface area contributed by atoms with Crippen LogP contribution >= 0.6 is 11.3 Å². The van der Waals surface area contributed by atoms with E-state index in [0.29, 0.717) is 23.2 Å². The molecule has 0 atom stereocenters. The topological polar surface area (TPSA) is 70.2 Å². The van der Waals surface area contributed by atoms with Crippen LogP contribution in [0.4, 0.5) is 18.3 Å². The molecule has 0 saturated heterocycles. The number of nitrogens with zero attached hydrogens (tertiary/aromatic N) is 3. The number of benzene rings is 1. The van der Waals surface area contributed by atoms with Crippen LogP contribution in [0, 0.1) is 5.92 Å². The summed E-state index contributed by atoms with van der Waals surface area (Å²) < 4.78 is 37.4. The second-order valence-corrected chi connectivity index (χ2v) is 10.8. The van der Waals surface area contributed by atoms with Gasteiger partial charge in [0.1, 0.15) is 6.54 Å². The van der Waals surface area contributed by atoms with E-state index in [0.717, 1.165) is 73.1 Å². The fourth-order valence-electron chi connectivity index (χ4n) is 5.22. The van der Waals surface area contributed by atoms with Crippen LogP contribution in [0.2, 0.25) is 0 Å². The Morgan fingerprint density at radius 1 is 1.14 bits per heavy atom. The molecule has 5 rings (SSSR count). The Labute approximate surface area is 212 Å². The molecule has 10 heteroatoms. The minimum absolute atomic E-state index is 0.0338. The summed E-state index contributed by atoms with van der Waals surface area (Å²) in [6.45, 7) is 1.53. The fourth-order valence-corrected chi connectivity index (χ4v) is 6.18. The van der Waals surface area contributed by atoms with Gasteiger partial charge in [-0.15, -0.1) is 11.3 Å². The second-order valence-electron chi connectivity index (χ2n) is 9.74. The molecule has 1 aliphatic carbocycles.